The lowest BCUT2D eigenvalue weighted by Gasteiger charge is -2.25. The fraction of sp³-hybridized carbons (Fsp3) is 0.500. The van der Waals surface area contributed by atoms with E-state index < -0.39 is 20.8 Å². The largest absolute Gasteiger partial charge is 0.384 e. The highest BCUT2D eigenvalue weighted by Gasteiger charge is 2.28. The highest BCUT2D eigenvalue weighted by molar-refractivity contribution is 7.89. The van der Waals surface area contributed by atoms with Crippen LogP contribution in [0.25, 0.3) is 0 Å². The Hall–Kier alpha value is -0.920. The van der Waals surface area contributed by atoms with E-state index in [0.717, 1.165) is 18.7 Å². The molecule has 104 valence electrons. The average Bonchev–Trinajstić information content (AvgIpc) is 2.86. The maximum atomic E-state index is 12.5. The van der Waals surface area contributed by atoms with Crippen LogP contribution in [0.3, 0.4) is 0 Å². The van der Waals surface area contributed by atoms with E-state index >= 15 is 0 Å². The highest BCUT2D eigenvalue weighted by atomic mass is 32.2. The summed E-state index contributed by atoms with van der Waals surface area (Å²) in [4.78, 5) is 0.327. The van der Waals surface area contributed by atoms with Crippen LogP contribution in [0, 0.1) is 0 Å². The molecule has 0 radical (unpaired) electrons. The van der Waals surface area contributed by atoms with E-state index in [1.165, 1.54) is 9.87 Å². The third kappa shape index (κ3) is 2.42. The molecule has 1 aromatic rings. The summed E-state index contributed by atoms with van der Waals surface area (Å²) < 4.78 is 37.7. The summed E-state index contributed by atoms with van der Waals surface area (Å²) in [5.41, 5.74) is 2.08. The van der Waals surface area contributed by atoms with E-state index in [2.05, 4.69) is 5.32 Å². The Morgan fingerprint density at radius 1 is 1.21 bits per heavy atom. The Morgan fingerprint density at radius 2 is 1.95 bits per heavy atom. The topological polar surface area (TPSA) is 66.5 Å². The minimum absolute atomic E-state index is 0.327. The molecule has 2 heterocycles. The molecule has 0 bridgehead atoms. The second kappa shape index (κ2) is 4.88. The molecule has 0 amide bonds. The molecule has 0 spiro atoms. The quantitative estimate of drug-likeness (QED) is 0.859. The van der Waals surface area contributed by atoms with Crippen LogP contribution >= 0.6 is 0 Å². The molecule has 0 saturated carbocycles. The fourth-order valence-corrected chi connectivity index (χ4v) is 5.19. The van der Waals surface area contributed by atoms with E-state index in [1.54, 1.807) is 12.1 Å². The molecular weight excluding hydrogens is 284 g/mol. The minimum atomic E-state index is -3.45. The lowest BCUT2D eigenvalue weighted by molar-refractivity contribution is 0.439. The summed E-state index contributed by atoms with van der Waals surface area (Å²) in [6.07, 6.45) is 0.943. The van der Waals surface area contributed by atoms with Crippen molar-refractivity contribution in [3.05, 3.63) is 23.8 Å². The molecule has 1 aromatic carbocycles. The molecular formula is C12H16N2O3S2. The normalized spacial score (nSPS) is 21.1. The summed E-state index contributed by atoms with van der Waals surface area (Å²) in [5, 5.41) is 3.19. The van der Waals surface area contributed by atoms with Gasteiger partial charge < -0.3 is 5.32 Å². The van der Waals surface area contributed by atoms with Crippen molar-refractivity contribution in [1.29, 1.82) is 0 Å². The van der Waals surface area contributed by atoms with Gasteiger partial charge in [-0.1, -0.05) is 6.07 Å². The molecule has 2 aliphatic heterocycles. The van der Waals surface area contributed by atoms with Crippen LogP contribution in [0.1, 0.15) is 5.56 Å². The van der Waals surface area contributed by atoms with Crippen molar-refractivity contribution < 1.29 is 12.6 Å². The number of nitrogens with one attached hydrogen (secondary N) is 1. The molecule has 0 aliphatic carbocycles. The molecule has 1 N–H and O–H groups in total. The lowest BCUT2D eigenvalue weighted by atomic mass is 10.2. The number of benzene rings is 1. The smallest absolute Gasteiger partial charge is 0.243 e. The van der Waals surface area contributed by atoms with Crippen molar-refractivity contribution in [2.75, 3.05) is 36.5 Å². The molecule has 1 saturated heterocycles. The molecule has 5 nitrogen and oxygen atoms in total. The van der Waals surface area contributed by atoms with Crippen LogP contribution < -0.4 is 5.32 Å². The van der Waals surface area contributed by atoms with Gasteiger partial charge >= 0.3 is 0 Å². The molecule has 0 unspecified atom stereocenters. The van der Waals surface area contributed by atoms with Gasteiger partial charge in [-0.25, -0.2) is 8.42 Å². The first-order valence-corrected chi connectivity index (χ1v) is 9.22. The first-order valence-electron chi connectivity index (χ1n) is 6.29. The number of hydrogen-bond donors (Lipinski definition) is 1. The third-order valence-electron chi connectivity index (χ3n) is 3.57. The van der Waals surface area contributed by atoms with E-state index in [9.17, 15) is 12.6 Å². The average molecular weight is 300 g/mol. The summed E-state index contributed by atoms with van der Waals surface area (Å²) in [6, 6.07) is 5.26. The molecule has 0 aromatic heterocycles. The van der Waals surface area contributed by atoms with Crippen molar-refractivity contribution in [2.45, 2.75) is 11.3 Å². The monoisotopic (exact) mass is 300 g/mol. The summed E-state index contributed by atoms with van der Waals surface area (Å²) >= 11 is 0. The van der Waals surface area contributed by atoms with Crippen molar-refractivity contribution >= 4 is 26.5 Å². The molecule has 7 heteroatoms. The predicted octanol–water partition coefficient (Wildman–Crippen LogP) is 0.408. The van der Waals surface area contributed by atoms with Gasteiger partial charge in [-0.15, -0.1) is 0 Å². The minimum Gasteiger partial charge on any atom is -0.384 e. The second-order valence-corrected chi connectivity index (χ2v) is 8.38. The third-order valence-corrected chi connectivity index (χ3v) is 6.74. The maximum absolute atomic E-state index is 12.5. The van der Waals surface area contributed by atoms with Gasteiger partial charge in [0.2, 0.25) is 10.0 Å². The Labute approximate surface area is 115 Å². The molecule has 1 fully saturated rings. The van der Waals surface area contributed by atoms with Crippen molar-refractivity contribution in [3.63, 3.8) is 0 Å². The number of rotatable bonds is 2. The van der Waals surface area contributed by atoms with Gasteiger partial charge in [0.05, 0.1) is 4.90 Å². The SMILES string of the molecule is O=S1CCN(S(=O)(=O)c2ccc3c(c2)NCC3)CC1. The number of nitrogens with zero attached hydrogens (tertiary/aromatic N) is 1. The van der Waals surface area contributed by atoms with Gasteiger partial charge in [0.25, 0.3) is 0 Å². The second-order valence-electron chi connectivity index (χ2n) is 4.75. The Kier molecular flexibility index (Phi) is 3.36. The van der Waals surface area contributed by atoms with Gasteiger partial charge in [-0.2, -0.15) is 4.31 Å². The number of fused-ring (bicyclic) bond motifs is 1. The van der Waals surface area contributed by atoms with Gasteiger partial charge in [0.1, 0.15) is 0 Å². The first-order chi connectivity index (χ1) is 9.07. The van der Waals surface area contributed by atoms with Crippen LogP contribution in [0.4, 0.5) is 5.69 Å². The van der Waals surface area contributed by atoms with Crippen LogP contribution in [0.15, 0.2) is 23.1 Å². The summed E-state index contributed by atoms with van der Waals surface area (Å²) in [6.45, 7) is 1.56. The zero-order valence-electron chi connectivity index (χ0n) is 10.5. The zero-order valence-corrected chi connectivity index (χ0v) is 12.1. The van der Waals surface area contributed by atoms with Gasteiger partial charge in [-0.05, 0) is 24.1 Å². The standard InChI is InChI=1S/C12H16N2O3S2/c15-18-7-5-14(6-8-18)19(16,17)11-2-1-10-3-4-13-12(10)9-11/h1-2,9,13H,3-8H2. The zero-order chi connectivity index (χ0) is 13.5. The van der Waals surface area contributed by atoms with E-state index in [0.29, 0.717) is 29.5 Å². The number of hydrogen-bond acceptors (Lipinski definition) is 4. The molecule has 0 atom stereocenters. The Morgan fingerprint density at radius 3 is 2.68 bits per heavy atom. The number of anilines is 1. The van der Waals surface area contributed by atoms with Gasteiger partial charge in [-0.3, -0.25) is 4.21 Å². The van der Waals surface area contributed by atoms with Crippen molar-refractivity contribution in [1.82, 2.24) is 4.31 Å². The Bertz CT molecular complexity index is 618. The van der Waals surface area contributed by atoms with E-state index in [-0.39, 0.29) is 0 Å². The molecule has 3 rings (SSSR count). The Balaban J connectivity index is 1.90. The van der Waals surface area contributed by atoms with Gasteiger partial charge in [0, 0.05) is 47.6 Å². The van der Waals surface area contributed by atoms with Crippen LogP contribution in [0.5, 0.6) is 0 Å². The fourth-order valence-electron chi connectivity index (χ4n) is 2.44. The van der Waals surface area contributed by atoms with Crippen LogP contribution in [0.2, 0.25) is 0 Å². The summed E-state index contributed by atoms with van der Waals surface area (Å²) in [7, 11) is -4.32. The molecule has 2 aliphatic rings. The predicted molar refractivity (Wildman–Crippen MR) is 75.3 cm³/mol. The van der Waals surface area contributed by atoms with Crippen LogP contribution in [-0.2, 0) is 27.2 Å². The maximum Gasteiger partial charge on any atom is 0.243 e. The highest BCUT2D eigenvalue weighted by Crippen LogP contribution is 2.27. The molecule has 19 heavy (non-hydrogen) atoms. The van der Waals surface area contributed by atoms with E-state index in [1.807, 2.05) is 6.07 Å². The van der Waals surface area contributed by atoms with Crippen molar-refractivity contribution in [2.24, 2.45) is 0 Å². The lowest BCUT2D eigenvalue weighted by Crippen LogP contribution is -2.41. The summed E-state index contributed by atoms with van der Waals surface area (Å²) in [5.74, 6) is 0.866. The van der Waals surface area contributed by atoms with E-state index in [4.69, 9.17) is 0 Å². The van der Waals surface area contributed by atoms with Crippen LogP contribution in [-0.4, -0.2) is 48.1 Å². The first kappa shape index (κ1) is 13.1. The van der Waals surface area contributed by atoms with Gasteiger partial charge in [0.15, 0.2) is 0 Å². The van der Waals surface area contributed by atoms with Crippen molar-refractivity contribution in [3.8, 4) is 0 Å². The number of sulfonamides is 1.